The Labute approximate surface area is 192 Å². The average molecular weight is 453 g/mol. The first kappa shape index (κ1) is 22.8. The minimum atomic E-state index is -1.83. The predicted molar refractivity (Wildman–Crippen MR) is 121 cm³/mol. The Bertz CT molecular complexity index is 1020. The maximum absolute atomic E-state index is 12.8. The Kier molecular flexibility index (Phi) is 6.37. The van der Waals surface area contributed by atoms with Gasteiger partial charge in [0, 0.05) is 5.92 Å². The third-order valence-corrected chi connectivity index (χ3v) is 6.71. The smallest absolute Gasteiger partial charge is 0.407 e. The van der Waals surface area contributed by atoms with Crippen LogP contribution in [0.5, 0.6) is 0 Å². The van der Waals surface area contributed by atoms with Crippen molar-refractivity contribution in [1.29, 1.82) is 0 Å². The van der Waals surface area contributed by atoms with Gasteiger partial charge in [0.2, 0.25) is 5.91 Å². The number of amides is 2. The number of hydrogen-bond donors (Lipinski definition) is 4. The van der Waals surface area contributed by atoms with E-state index in [-0.39, 0.29) is 18.4 Å². The van der Waals surface area contributed by atoms with E-state index in [0.29, 0.717) is 0 Å². The number of alkyl carbamates (subject to hydrolysis) is 1. The summed E-state index contributed by atoms with van der Waals surface area (Å²) in [5.74, 6) is -2.22. The summed E-state index contributed by atoms with van der Waals surface area (Å²) in [6, 6.07) is 15.1. The molecule has 2 atom stereocenters. The van der Waals surface area contributed by atoms with Crippen molar-refractivity contribution in [3.63, 3.8) is 0 Å². The van der Waals surface area contributed by atoms with Crippen LogP contribution in [0.15, 0.2) is 48.5 Å². The van der Waals surface area contributed by atoms with Crippen molar-refractivity contribution in [2.24, 2.45) is 5.92 Å². The summed E-state index contributed by atoms with van der Waals surface area (Å²) in [6.45, 7) is 0.567. The first-order chi connectivity index (χ1) is 15.8. The molecular formula is C25H28N2O6. The normalized spacial score (nSPS) is 17.6. The van der Waals surface area contributed by atoms with Crippen molar-refractivity contribution < 1.29 is 29.3 Å². The Balaban J connectivity index is 1.44. The number of fused-ring (bicyclic) bond motifs is 3. The molecule has 2 amide bonds. The number of carboxylic acid groups (broad SMARTS) is 1. The highest BCUT2D eigenvalue weighted by atomic mass is 16.5. The van der Waals surface area contributed by atoms with Crippen LogP contribution in [0.4, 0.5) is 4.79 Å². The van der Waals surface area contributed by atoms with Gasteiger partial charge in [0.25, 0.3) is 0 Å². The Morgan fingerprint density at radius 1 is 1.06 bits per heavy atom. The Hall–Kier alpha value is -3.39. The van der Waals surface area contributed by atoms with E-state index in [9.17, 15) is 24.6 Å². The van der Waals surface area contributed by atoms with Crippen LogP contribution >= 0.6 is 0 Å². The van der Waals surface area contributed by atoms with Crippen molar-refractivity contribution in [3.05, 3.63) is 59.7 Å². The molecule has 0 radical (unpaired) electrons. The standard InChI is InChI=1S/C25H28N2O6/c1-25(14-28,23(30)31)27-22(29)21(15-7-6-8-15)26-24(32)33-13-20-18-11-4-2-9-16(18)17-10-3-5-12-19(17)20/h2-5,9-12,15,20-21,28H,6-8,13-14H2,1H3,(H,26,32)(H,27,29)(H,30,31). The number of aliphatic hydroxyl groups excluding tert-OH is 1. The maximum Gasteiger partial charge on any atom is 0.407 e. The molecule has 2 aromatic rings. The molecule has 4 rings (SSSR count). The predicted octanol–water partition coefficient (Wildman–Crippen LogP) is 2.65. The number of rotatable bonds is 8. The molecule has 0 aliphatic heterocycles. The number of ether oxygens (including phenoxy) is 1. The van der Waals surface area contributed by atoms with Gasteiger partial charge >= 0.3 is 12.1 Å². The fourth-order valence-corrected chi connectivity index (χ4v) is 4.45. The van der Waals surface area contributed by atoms with E-state index < -0.39 is 36.2 Å². The van der Waals surface area contributed by atoms with Crippen LogP contribution in [0.25, 0.3) is 11.1 Å². The number of hydrogen-bond acceptors (Lipinski definition) is 5. The second kappa shape index (κ2) is 9.23. The zero-order valence-corrected chi connectivity index (χ0v) is 18.4. The number of carbonyl (C=O) groups excluding carboxylic acids is 2. The molecule has 4 N–H and O–H groups in total. The summed E-state index contributed by atoms with van der Waals surface area (Å²) in [6.07, 6.45) is 1.68. The number of aliphatic carboxylic acids is 1. The molecule has 2 unspecified atom stereocenters. The molecule has 0 bridgehead atoms. The van der Waals surface area contributed by atoms with E-state index in [1.807, 2.05) is 48.5 Å². The molecule has 0 saturated heterocycles. The van der Waals surface area contributed by atoms with Crippen molar-refractivity contribution in [1.82, 2.24) is 10.6 Å². The van der Waals surface area contributed by atoms with Crippen LogP contribution in [0.2, 0.25) is 0 Å². The third-order valence-electron chi connectivity index (χ3n) is 6.71. The lowest BCUT2D eigenvalue weighted by Gasteiger charge is -2.35. The van der Waals surface area contributed by atoms with E-state index in [1.54, 1.807) is 0 Å². The van der Waals surface area contributed by atoms with Crippen LogP contribution in [-0.2, 0) is 14.3 Å². The lowest BCUT2D eigenvalue weighted by molar-refractivity contribution is -0.149. The molecular weight excluding hydrogens is 424 g/mol. The van der Waals surface area contributed by atoms with E-state index in [4.69, 9.17) is 4.74 Å². The monoisotopic (exact) mass is 452 g/mol. The first-order valence-electron chi connectivity index (χ1n) is 11.1. The number of aliphatic hydroxyl groups is 1. The molecule has 0 aromatic heterocycles. The lowest BCUT2D eigenvalue weighted by Crippen LogP contribution is -2.61. The largest absolute Gasteiger partial charge is 0.479 e. The van der Waals surface area contributed by atoms with Gasteiger partial charge in [-0.25, -0.2) is 9.59 Å². The van der Waals surface area contributed by atoms with Gasteiger partial charge in [0.05, 0.1) is 6.61 Å². The minimum Gasteiger partial charge on any atom is -0.479 e. The molecule has 2 aromatic carbocycles. The molecule has 1 fully saturated rings. The van der Waals surface area contributed by atoms with E-state index in [1.165, 1.54) is 6.92 Å². The second-order valence-electron chi connectivity index (χ2n) is 8.92. The molecule has 2 aliphatic carbocycles. The Morgan fingerprint density at radius 2 is 1.64 bits per heavy atom. The summed E-state index contributed by atoms with van der Waals surface area (Å²) in [5.41, 5.74) is 2.57. The lowest BCUT2D eigenvalue weighted by atomic mass is 9.79. The highest BCUT2D eigenvalue weighted by Gasteiger charge is 2.40. The third kappa shape index (κ3) is 4.43. The molecule has 8 nitrogen and oxygen atoms in total. The van der Waals surface area contributed by atoms with Gasteiger partial charge in [-0.05, 0) is 47.9 Å². The fourth-order valence-electron chi connectivity index (χ4n) is 4.45. The number of carbonyl (C=O) groups is 3. The Morgan fingerprint density at radius 3 is 2.12 bits per heavy atom. The summed E-state index contributed by atoms with van der Waals surface area (Å²) in [5, 5.41) is 23.8. The van der Waals surface area contributed by atoms with Crippen LogP contribution in [0.3, 0.4) is 0 Å². The SMILES string of the molecule is CC(CO)(NC(=O)C(NC(=O)OCC1c2ccccc2-c2ccccc21)C1CCC1)C(=O)O. The van der Waals surface area contributed by atoms with Gasteiger partial charge < -0.3 is 25.6 Å². The zero-order valence-electron chi connectivity index (χ0n) is 18.4. The van der Waals surface area contributed by atoms with E-state index >= 15 is 0 Å². The van der Waals surface area contributed by atoms with Crippen molar-refractivity contribution in [3.8, 4) is 11.1 Å². The molecule has 0 spiro atoms. The highest BCUT2D eigenvalue weighted by Crippen LogP contribution is 2.44. The number of carboxylic acids is 1. The molecule has 1 saturated carbocycles. The fraction of sp³-hybridized carbons (Fsp3) is 0.400. The first-order valence-corrected chi connectivity index (χ1v) is 11.1. The van der Waals surface area contributed by atoms with Crippen LogP contribution in [0, 0.1) is 5.92 Å². The second-order valence-corrected chi connectivity index (χ2v) is 8.92. The van der Waals surface area contributed by atoms with Gasteiger partial charge in [-0.15, -0.1) is 0 Å². The van der Waals surface area contributed by atoms with Crippen LogP contribution in [-0.4, -0.2) is 53.0 Å². The van der Waals surface area contributed by atoms with Gasteiger partial charge in [0.1, 0.15) is 12.6 Å². The molecule has 33 heavy (non-hydrogen) atoms. The van der Waals surface area contributed by atoms with Crippen molar-refractivity contribution >= 4 is 18.0 Å². The van der Waals surface area contributed by atoms with Gasteiger partial charge in [-0.3, -0.25) is 4.79 Å². The van der Waals surface area contributed by atoms with Crippen molar-refractivity contribution in [2.45, 2.75) is 43.7 Å². The highest BCUT2D eigenvalue weighted by molar-refractivity contribution is 5.91. The van der Waals surface area contributed by atoms with Crippen LogP contribution in [0.1, 0.15) is 43.2 Å². The summed E-state index contributed by atoms with van der Waals surface area (Å²) in [4.78, 5) is 36.9. The summed E-state index contributed by atoms with van der Waals surface area (Å²) in [7, 11) is 0. The quantitative estimate of drug-likeness (QED) is 0.488. The zero-order chi connectivity index (χ0) is 23.6. The number of nitrogens with one attached hydrogen (secondary N) is 2. The van der Waals surface area contributed by atoms with E-state index in [0.717, 1.165) is 41.5 Å². The van der Waals surface area contributed by atoms with E-state index in [2.05, 4.69) is 10.6 Å². The summed E-state index contributed by atoms with van der Waals surface area (Å²) >= 11 is 0. The average Bonchev–Trinajstić information content (AvgIpc) is 3.09. The molecule has 0 heterocycles. The van der Waals surface area contributed by atoms with Gasteiger partial charge in [-0.2, -0.15) is 0 Å². The van der Waals surface area contributed by atoms with Gasteiger partial charge in [-0.1, -0.05) is 55.0 Å². The summed E-state index contributed by atoms with van der Waals surface area (Å²) < 4.78 is 5.55. The molecule has 174 valence electrons. The number of benzene rings is 2. The van der Waals surface area contributed by atoms with Crippen molar-refractivity contribution in [2.75, 3.05) is 13.2 Å². The molecule has 2 aliphatic rings. The van der Waals surface area contributed by atoms with Gasteiger partial charge in [0.15, 0.2) is 5.54 Å². The topological polar surface area (TPSA) is 125 Å². The minimum absolute atomic E-state index is 0.108. The van der Waals surface area contributed by atoms with Crippen LogP contribution < -0.4 is 10.6 Å². The molecule has 8 heteroatoms. The maximum atomic E-state index is 12.8.